The molecule has 2 aromatic carbocycles. The number of aliphatic hydroxyl groups is 2. The first-order valence-electron chi connectivity index (χ1n) is 10.7. The first-order valence-corrected chi connectivity index (χ1v) is 10.7. The molecule has 0 atom stereocenters. The molecular formula is C25H33N4O4+. The van der Waals surface area contributed by atoms with E-state index in [9.17, 15) is 15.0 Å². The molecule has 0 saturated carbocycles. The molecule has 0 heterocycles. The summed E-state index contributed by atoms with van der Waals surface area (Å²) < 4.78 is 4.92. The number of methoxy groups -OCH3 is 1. The number of carbonyl (C=O) groups is 1. The Bertz CT molecular complexity index is 980. The van der Waals surface area contributed by atoms with Crippen LogP contribution in [0, 0.1) is 0 Å². The normalized spacial score (nSPS) is 11.5. The number of ether oxygens (including phenoxy) is 1. The highest BCUT2D eigenvalue weighted by Crippen LogP contribution is 2.21. The topological polar surface area (TPSA) is 102 Å². The summed E-state index contributed by atoms with van der Waals surface area (Å²) in [5.41, 5.74) is 4.21. The number of quaternary nitrogens is 1. The smallest absolute Gasteiger partial charge is 0.359 e. The van der Waals surface area contributed by atoms with E-state index in [0.29, 0.717) is 18.7 Å². The van der Waals surface area contributed by atoms with Crippen molar-refractivity contribution in [3.05, 3.63) is 72.3 Å². The molecule has 0 unspecified atom stereocenters. The van der Waals surface area contributed by atoms with Gasteiger partial charge in [-0.3, -0.25) is 5.01 Å². The molecule has 0 radical (unpaired) electrons. The third kappa shape index (κ3) is 7.28. The highest BCUT2D eigenvalue weighted by Gasteiger charge is 2.16. The third-order valence-corrected chi connectivity index (χ3v) is 5.03. The van der Waals surface area contributed by atoms with Crippen LogP contribution in [0.5, 0.6) is 0 Å². The van der Waals surface area contributed by atoms with E-state index in [2.05, 4.69) is 11.7 Å². The van der Waals surface area contributed by atoms with Gasteiger partial charge in [-0.15, -0.1) is 0 Å². The number of rotatable bonds is 12. The molecule has 0 amide bonds. The number of hydrazone groups is 1. The summed E-state index contributed by atoms with van der Waals surface area (Å²) >= 11 is 0. The molecule has 0 aliphatic carbocycles. The molecule has 176 valence electrons. The van der Waals surface area contributed by atoms with E-state index in [1.54, 1.807) is 18.1 Å². The maximum absolute atomic E-state index is 12.4. The molecule has 2 aromatic rings. The van der Waals surface area contributed by atoms with Crippen molar-refractivity contribution in [2.75, 3.05) is 57.4 Å². The number of aliphatic hydroxyl groups excluding tert-OH is 2. The van der Waals surface area contributed by atoms with Crippen molar-refractivity contribution in [2.24, 2.45) is 5.10 Å². The lowest BCUT2D eigenvalue weighted by Gasteiger charge is -2.24. The van der Waals surface area contributed by atoms with Gasteiger partial charge in [0.1, 0.15) is 5.69 Å². The van der Waals surface area contributed by atoms with Gasteiger partial charge in [0.2, 0.25) is 0 Å². The Kier molecular flexibility index (Phi) is 10.3. The van der Waals surface area contributed by atoms with Gasteiger partial charge in [-0.25, -0.2) is 4.79 Å². The van der Waals surface area contributed by atoms with Crippen LogP contribution in [0.15, 0.2) is 71.9 Å². The van der Waals surface area contributed by atoms with Crippen LogP contribution in [-0.2, 0) is 9.53 Å². The molecule has 0 spiro atoms. The number of esters is 1. The van der Waals surface area contributed by atoms with E-state index in [1.807, 2.05) is 71.9 Å². The van der Waals surface area contributed by atoms with Crippen molar-refractivity contribution in [3.63, 3.8) is 0 Å². The number of nitrogens with two attached hydrogens (primary N) is 1. The molecule has 0 aliphatic rings. The first kappa shape index (κ1) is 25.8. The summed E-state index contributed by atoms with van der Waals surface area (Å²) in [6.45, 7) is 4.84. The minimum Gasteiger partial charge on any atom is -0.464 e. The Morgan fingerprint density at radius 3 is 2.27 bits per heavy atom. The van der Waals surface area contributed by atoms with Crippen LogP contribution >= 0.6 is 0 Å². The van der Waals surface area contributed by atoms with E-state index in [4.69, 9.17) is 4.74 Å². The van der Waals surface area contributed by atoms with Crippen LogP contribution in [0.3, 0.4) is 0 Å². The van der Waals surface area contributed by atoms with Crippen molar-refractivity contribution >= 4 is 34.8 Å². The van der Waals surface area contributed by atoms with Crippen LogP contribution in [0.2, 0.25) is 0 Å². The van der Waals surface area contributed by atoms with Crippen LogP contribution in [0.1, 0.15) is 5.56 Å². The monoisotopic (exact) mass is 453 g/mol. The van der Waals surface area contributed by atoms with Gasteiger partial charge >= 0.3 is 5.97 Å². The van der Waals surface area contributed by atoms with E-state index in [1.165, 1.54) is 7.11 Å². The molecule has 0 bridgehead atoms. The van der Waals surface area contributed by atoms with Crippen molar-refractivity contribution in [1.82, 2.24) is 0 Å². The Balaban J connectivity index is 2.25. The molecular weight excluding hydrogens is 420 g/mol. The van der Waals surface area contributed by atoms with Crippen molar-refractivity contribution < 1.29 is 25.1 Å². The highest BCUT2D eigenvalue weighted by molar-refractivity contribution is 6.44. The fourth-order valence-electron chi connectivity index (χ4n) is 3.23. The summed E-state index contributed by atoms with van der Waals surface area (Å²) in [5.74, 6) is -0.583. The third-order valence-electron chi connectivity index (χ3n) is 5.03. The second-order valence-corrected chi connectivity index (χ2v) is 7.19. The van der Waals surface area contributed by atoms with Gasteiger partial charge in [-0.2, -0.15) is 5.10 Å². The SMILES string of the molecule is C=C(/C=C\c1ccccc1[NH2+]C)/C(=N/N(C)c1ccc(N(CCO)CCO)cc1)C(=O)OC. The van der Waals surface area contributed by atoms with E-state index in [-0.39, 0.29) is 18.9 Å². The number of para-hydroxylation sites is 1. The summed E-state index contributed by atoms with van der Waals surface area (Å²) in [6, 6.07) is 15.4. The second-order valence-electron chi connectivity index (χ2n) is 7.19. The van der Waals surface area contributed by atoms with E-state index in [0.717, 1.165) is 22.6 Å². The lowest BCUT2D eigenvalue weighted by atomic mass is 10.1. The summed E-state index contributed by atoms with van der Waals surface area (Å²) in [7, 11) is 5.01. The molecule has 0 saturated heterocycles. The summed E-state index contributed by atoms with van der Waals surface area (Å²) in [5, 5.41) is 26.5. The number of allylic oxidation sites excluding steroid dienone is 1. The predicted octanol–water partition coefficient (Wildman–Crippen LogP) is 1.54. The predicted molar refractivity (Wildman–Crippen MR) is 133 cm³/mol. The van der Waals surface area contributed by atoms with Gasteiger partial charge in [0.05, 0.1) is 33.1 Å². The van der Waals surface area contributed by atoms with Gasteiger partial charge in [-0.05, 0) is 42.5 Å². The molecule has 8 heteroatoms. The zero-order valence-corrected chi connectivity index (χ0v) is 19.4. The van der Waals surface area contributed by atoms with Crippen LogP contribution in [0.25, 0.3) is 6.08 Å². The summed E-state index contributed by atoms with van der Waals surface area (Å²) in [6.07, 6.45) is 3.64. The van der Waals surface area contributed by atoms with Crippen LogP contribution < -0.4 is 15.2 Å². The molecule has 0 aliphatic heterocycles. The average molecular weight is 454 g/mol. The molecule has 0 fully saturated rings. The Morgan fingerprint density at radius 2 is 1.70 bits per heavy atom. The van der Waals surface area contributed by atoms with Crippen molar-refractivity contribution in [1.29, 1.82) is 0 Å². The first-order chi connectivity index (χ1) is 15.9. The number of hydrogen-bond donors (Lipinski definition) is 3. The molecule has 0 aromatic heterocycles. The van der Waals surface area contributed by atoms with Crippen molar-refractivity contribution in [3.8, 4) is 0 Å². The Hall–Kier alpha value is -3.46. The zero-order chi connectivity index (χ0) is 24.2. The minimum absolute atomic E-state index is 0.00910. The number of anilines is 2. The number of carbonyl (C=O) groups excluding carboxylic acids is 1. The fourth-order valence-corrected chi connectivity index (χ4v) is 3.23. The van der Waals surface area contributed by atoms with Crippen molar-refractivity contribution in [2.45, 2.75) is 0 Å². The van der Waals surface area contributed by atoms with Gasteiger partial charge < -0.3 is 25.2 Å². The van der Waals surface area contributed by atoms with Crippen LogP contribution in [-0.4, -0.2) is 69.4 Å². The minimum atomic E-state index is -0.583. The van der Waals surface area contributed by atoms with Gasteiger partial charge in [0.25, 0.3) is 0 Å². The quantitative estimate of drug-likeness (QED) is 0.148. The largest absolute Gasteiger partial charge is 0.464 e. The Morgan fingerprint density at radius 1 is 1.09 bits per heavy atom. The lowest BCUT2D eigenvalue weighted by molar-refractivity contribution is -0.539. The number of hydrogen-bond acceptors (Lipinski definition) is 7. The molecule has 33 heavy (non-hydrogen) atoms. The molecule has 2 rings (SSSR count). The highest BCUT2D eigenvalue weighted by atomic mass is 16.5. The molecule has 4 N–H and O–H groups in total. The maximum atomic E-state index is 12.4. The molecule has 8 nitrogen and oxygen atoms in total. The standard InChI is InChI=1S/C25H32N4O4/c1-19(9-10-20-7-5-6-8-23(20)26-2)24(25(32)33-4)27-28(3)21-11-13-22(14-12-21)29(15-17-30)16-18-31/h5-14,26,30-31H,1,15-18H2,2-4H3/p+1/b10-9-,27-24-. The number of nitrogens with zero attached hydrogens (tertiary/aromatic N) is 3. The lowest BCUT2D eigenvalue weighted by Crippen LogP contribution is -2.73. The average Bonchev–Trinajstić information content (AvgIpc) is 2.85. The Labute approximate surface area is 195 Å². The summed E-state index contributed by atoms with van der Waals surface area (Å²) in [4.78, 5) is 14.3. The van der Waals surface area contributed by atoms with Gasteiger partial charge in [-0.1, -0.05) is 24.8 Å². The van der Waals surface area contributed by atoms with Crippen LogP contribution in [0.4, 0.5) is 17.1 Å². The van der Waals surface area contributed by atoms with Gasteiger partial charge in [0.15, 0.2) is 5.71 Å². The fraction of sp³-hybridized carbons (Fsp3) is 0.280. The zero-order valence-electron chi connectivity index (χ0n) is 19.4. The maximum Gasteiger partial charge on any atom is 0.359 e. The van der Waals surface area contributed by atoms with Gasteiger partial charge in [0, 0.05) is 37.0 Å². The van der Waals surface area contributed by atoms with E-state index < -0.39 is 5.97 Å². The van der Waals surface area contributed by atoms with E-state index >= 15 is 0 Å². The second kappa shape index (κ2) is 13.2. The number of benzene rings is 2.